The zero-order chi connectivity index (χ0) is 9.97. The summed E-state index contributed by atoms with van der Waals surface area (Å²) in [6.07, 6.45) is 2.71. The lowest BCUT2D eigenvalue weighted by Gasteiger charge is -2.12. The van der Waals surface area contributed by atoms with Crippen LogP contribution in [0.1, 0.15) is 18.0 Å². The summed E-state index contributed by atoms with van der Waals surface area (Å²) in [6, 6.07) is 3.81. The minimum atomic E-state index is 0.0120. The Hall–Kier alpha value is -0.800. The maximum Gasteiger partial charge on any atom is 0.255 e. The van der Waals surface area contributed by atoms with Gasteiger partial charge in [-0.2, -0.15) is 0 Å². The molecule has 0 N–H and O–H groups in total. The first-order valence-corrected chi connectivity index (χ1v) is 5.20. The Morgan fingerprint density at radius 3 is 3.14 bits per heavy atom. The molecule has 1 aromatic rings. The monoisotopic (exact) mass is 213 g/mol. The number of ether oxygens (including phenoxy) is 1. The predicted molar refractivity (Wildman–Crippen MR) is 54.7 cm³/mol. The van der Waals surface area contributed by atoms with Crippen LogP contribution in [0.2, 0.25) is 0 Å². The molecule has 1 atom stereocenters. The van der Waals surface area contributed by atoms with Crippen molar-refractivity contribution in [3.63, 3.8) is 0 Å². The van der Waals surface area contributed by atoms with Crippen LogP contribution in [0.5, 0.6) is 0 Å². The largest absolute Gasteiger partial charge is 0.379 e. The number of pyridine rings is 1. The molecule has 1 aliphatic heterocycles. The van der Waals surface area contributed by atoms with Crippen molar-refractivity contribution in [2.75, 3.05) is 13.2 Å². The van der Waals surface area contributed by atoms with Gasteiger partial charge in [0.15, 0.2) is 0 Å². The molecular formula is C10H12ClNO2. The van der Waals surface area contributed by atoms with E-state index in [9.17, 15) is 4.79 Å². The van der Waals surface area contributed by atoms with E-state index in [1.165, 1.54) is 0 Å². The average Bonchev–Trinajstić information content (AvgIpc) is 2.71. The Morgan fingerprint density at radius 2 is 2.50 bits per heavy atom. The van der Waals surface area contributed by atoms with Gasteiger partial charge in [-0.05, 0) is 12.5 Å². The third kappa shape index (κ3) is 1.70. The van der Waals surface area contributed by atoms with E-state index in [1.807, 2.05) is 6.07 Å². The Balaban J connectivity index is 2.37. The summed E-state index contributed by atoms with van der Waals surface area (Å²) >= 11 is 5.67. The number of hydrogen-bond acceptors (Lipinski definition) is 2. The SMILES string of the molecule is O=c1c(CCl)cccn1C1CCOC1. The van der Waals surface area contributed by atoms with Crippen LogP contribution in [-0.4, -0.2) is 17.8 Å². The Bertz CT molecular complexity index is 369. The van der Waals surface area contributed by atoms with Gasteiger partial charge in [0.25, 0.3) is 5.56 Å². The van der Waals surface area contributed by atoms with E-state index in [4.69, 9.17) is 16.3 Å². The molecule has 4 heteroatoms. The molecule has 3 nitrogen and oxygen atoms in total. The summed E-state index contributed by atoms with van der Waals surface area (Å²) in [5, 5.41) is 0. The summed E-state index contributed by atoms with van der Waals surface area (Å²) < 4.78 is 6.97. The van der Waals surface area contributed by atoms with Gasteiger partial charge in [-0.1, -0.05) is 6.07 Å². The molecule has 0 aromatic carbocycles. The van der Waals surface area contributed by atoms with Gasteiger partial charge in [0.2, 0.25) is 0 Å². The van der Waals surface area contributed by atoms with Gasteiger partial charge in [-0.15, -0.1) is 11.6 Å². The quantitative estimate of drug-likeness (QED) is 0.698. The van der Waals surface area contributed by atoms with Gasteiger partial charge in [0, 0.05) is 18.4 Å². The zero-order valence-electron chi connectivity index (χ0n) is 7.78. The first-order valence-electron chi connectivity index (χ1n) is 4.66. The molecule has 1 saturated heterocycles. The Kier molecular flexibility index (Phi) is 2.89. The van der Waals surface area contributed by atoms with Crippen LogP contribution in [0.15, 0.2) is 23.1 Å². The van der Waals surface area contributed by atoms with Crippen LogP contribution in [0.25, 0.3) is 0 Å². The lowest BCUT2D eigenvalue weighted by molar-refractivity contribution is 0.186. The standard InChI is InChI=1S/C10H12ClNO2/c11-6-8-2-1-4-12(10(8)13)9-3-5-14-7-9/h1-2,4,9H,3,5-7H2. The lowest BCUT2D eigenvalue weighted by atomic mass is 10.2. The van der Waals surface area contributed by atoms with Gasteiger partial charge in [-0.25, -0.2) is 0 Å². The van der Waals surface area contributed by atoms with Crippen molar-refractivity contribution in [1.29, 1.82) is 0 Å². The van der Waals surface area contributed by atoms with Crippen LogP contribution in [0.3, 0.4) is 0 Å². The van der Waals surface area contributed by atoms with E-state index in [2.05, 4.69) is 0 Å². The second-order valence-electron chi connectivity index (χ2n) is 3.40. The van der Waals surface area contributed by atoms with Gasteiger partial charge in [0.1, 0.15) is 0 Å². The molecule has 1 fully saturated rings. The highest BCUT2D eigenvalue weighted by Crippen LogP contribution is 2.16. The molecule has 0 bridgehead atoms. The van der Waals surface area contributed by atoms with Gasteiger partial charge in [0.05, 0.1) is 18.5 Å². The topological polar surface area (TPSA) is 31.2 Å². The molecule has 0 saturated carbocycles. The van der Waals surface area contributed by atoms with Crippen molar-refractivity contribution in [2.24, 2.45) is 0 Å². The van der Waals surface area contributed by atoms with Gasteiger partial charge < -0.3 is 9.30 Å². The fourth-order valence-corrected chi connectivity index (χ4v) is 1.89. The summed E-state index contributed by atoms with van der Waals surface area (Å²) in [5.74, 6) is 0.271. The second kappa shape index (κ2) is 4.15. The third-order valence-electron chi connectivity index (χ3n) is 2.50. The van der Waals surface area contributed by atoms with Crippen molar-refractivity contribution in [2.45, 2.75) is 18.3 Å². The molecule has 14 heavy (non-hydrogen) atoms. The molecule has 2 heterocycles. The summed E-state index contributed by atoms with van der Waals surface area (Å²) in [7, 11) is 0. The van der Waals surface area contributed by atoms with Gasteiger partial charge >= 0.3 is 0 Å². The van der Waals surface area contributed by atoms with Crippen LogP contribution >= 0.6 is 11.6 Å². The Labute approximate surface area is 87.3 Å². The van der Waals surface area contributed by atoms with Crippen molar-refractivity contribution >= 4 is 11.6 Å². The Morgan fingerprint density at radius 1 is 1.64 bits per heavy atom. The van der Waals surface area contributed by atoms with Crippen LogP contribution in [0, 0.1) is 0 Å². The van der Waals surface area contributed by atoms with Gasteiger partial charge in [-0.3, -0.25) is 4.79 Å². The van der Waals surface area contributed by atoms with Crippen LogP contribution < -0.4 is 5.56 Å². The molecule has 1 aliphatic rings. The van der Waals surface area contributed by atoms with E-state index in [-0.39, 0.29) is 17.5 Å². The number of alkyl halides is 1. The molecule has 76 valence electrons. The minimum Gasteiger partial charge on any atom is -0.379 e. The molecular weight excluding hydrogens is 202 g/mol. The molecule has 0 radical (unpaired) electrons. The molecule has 0 aliphatic carbocycles. The fraction of sp³-hybridized carbons (Fsp3) is 0.500. The van der Waals surface area contributed by atoms with Crippen LogP contribution in [0.4, 0.5) is 0 Å². The van der Waals surface area contributed by atoms with Crippen LogP contribution in [-0.2, 0) is 10.6 Å². The third-order valence-corrected chi connectivity index (χ3v) is 2.78. The lowest BCUT2D eigenvalue weighted by Crippen LogP contribution is -2.26. The maximum absolute atomic E-state index is 11.8. The van der Waals surface area contributed by atoms with E-state index < -0.39 is 0 Å². The highest BCUT2D eigenvalue weighted by Gasteiger charge is 2.18. The minimum absolute atomic E-state index is 0.0120. The van der Waals surface area contributed by atoms with E-state index in [1.54, 1.807) is 16.8 Å². The van der Waals surface area contributed by atoms with E-state index in [0.29, 0.717) is 12.2 Å². The van der Waals surface area contributed by atoms with E-state index in [0.717, 1.165) is 13.0 Å². The predicted octanol–water partition coefficient (Wildman–Crippen LogP) is 1.55. The smallest absolute Gasteiger partial charge is 0.255 e. The van der Waals surface area contributed by atoms with Crippen molar-refractivity contribution in [3.05, 3.63) is 34.2 Å². The number of aromatic nitrogens is 1. The number of halogens is 1. The molecule has 0 spiro atoms. The number of hydrogen-bond donors (Lipinski definition) is 0. The number of rotatable bonds is 2. The summed E-state index contributed by atoms with van der Waals surface area (Å²) in [5.41, 5.74) is 0.666. The normalized spacial score (nSPS) is 21.4. The molecule has 1 aromatic heterocycles. The summed E-state index contributed by atoms with van der Waals surface area (Å²) in [6.45, 7) is 1.37. The first-order chi connectivity index (χ1) is 6.83. The molecule has 1 unspecified atom stereocenters. The summed E-state index contributed by atoms with van der Waals surface area (Å²) in [4.78, 5) is 11.8. The van der Waals surface area contributed by atoms with Crippen molar-refractivity contribution in [3.8, 4) is 0 Å². The highest BCUT2D eigenvalue weighted by atomic mass is 35.5. The second-order valence-corrected chi connectivity index (χ2v) is 3.66. The van der Waals surface area contributed by atoms with Crippen molar-refractivity contribution < 1.29 is 4.74 Å². The van der Waals surface area contributed by atoms with E-state index >= 15 is 0 Å². The zero-order valence-corrected chi connectivity index (χ0v) is 8.54. The highest BCUT2D eigenvalue weighted by molar-refractivity contribution is 6.17. The maximum atomic E-state index is 11.8. The fourth-order valence-electron chi connectivity index (χ4n) is 1.69. The molecule has 2 rings (SSSR count). The molecule has 0 amide bonds. The van der Waals surface area contributed by atoms with Crippen molar-refractivity contribution in [1.82, 2.24) is 4.57 Å². The average molecular weight is 214 g/mol. The first kappa shape index (κ1) is 9.74. The number of nitrogens with zero attached hydrogens (tertiary/aromatic N) is 1.